The highest BCUT2D eigenvalue weighted by Crippen LogP contribution is 2.20. The van der Waals surface area contributed by atoms with Crippen LogP contribution in [0.4, 0.5) is 10.1 Å². The Morgan fingerprint density at radius 3 is 2.15 bits per heavy atom. The minimum Gasteiger partial charge on any atom is -0.352 e. The van der Waals surface area contributed by atoms with Crippen molar-refractivity contribution in [1.82, 2.24) is 10.2 Å². The second-order valence-electron chi connectivity index (χ2n) is 7.89. The predicted octanol–water partition coefficient (Wildman–Crippen LogP) is 3.69. The molecule has 0 radical (unpaired) electrons. The molecule has 0 aliphatic heterocycles. The molecule has 0 aliphatic carbocycles. The van der Waals surface area contributed by atoms with Gasteiger partial charge in [-0.25, -0.2) is 12.8 Å². The van der Waals surface area contributed by atoms with E-state index in [-0.39, 0.29) is 24.2 Å². The van der Waals surface area contributed by atoms with Crippen molar-refractivity contribution in [3.8, 4) is 0 Å². The first-order valence-corrected chi connectivity index (χ1v) is 13.1. The third-order valence-electron chi connectivity index (χ3n) is 5.23. The van der Waals surface area contributed by atoms with Crippen molar-refractivity contribution in [2.24, 2.45) is 0 Å². The van der Waals surface area contributed by atoms with Crippen LogP contribution in [-0.2, 0) is 26.2 Å². The quantitative estimate of drug-likeness (QED) is 0.497. The number of hydrogen-bond donors (Lipinski definition) is 1. The van der Waals surface area contributed by atoms with Gasteiger partial charge < -0.3 is 10.2 Å². The van der Waals surface area contributed by atoms with Crippen molar-refractivity contribution in [2.75, 3.05) is 17.1 Å². The highest BCUT2D eigenvalue weighted by atomic mass is 79.9. The molecule has 0 unspecified atom stereocenters. The lowest BCUT2D eigenvalue weighted by molar-refractivity contribution is -0.139. The lowest BCUT2D eigenvalue weighted by atomic mass is 10.1. The number of carbonyl (C=O) groups excluding carboxylic acids is 2. The van der Waals surface area contributed by atoms with E-state index >= 15 is 0 Å². The van der Waals surface area contributed by atoms with Gasteiger partial charge in [0.2, 0.25) is 21.8 Å². The van der Waals surface area contributed by atoms with E-state index in [0.29, 0.717) is 0 Å². The van der Waals surface area contributed by atoms with Gasteiger partial charge in [0.25, 0.3) is 0 Å². The summed E-state index contributed by atoms with van der Waals surface area (Å²) in [7, 11) is -3.85. The maximum Gasteiger partial charge on any atom is 0.244 e. The van der Waals surface area contributed by atoms with Crippen molar-refractivity contribution < 1.29 is 22.4 Å². The molecule has 0 aliphatic rings. The van der Waals surface area contributed by atoms with Gasteiger partial charge in [0, 0.05) is 17.1 Å². The molecule has 10 heteroatoms. The van der Waals surface area contributed by atoms with E-state index in [2.05, 4.69) is 21.2 Å². The standard InChI is InChI=1S/C23H29BrFN3O4S/c1-5-16(2)26-23(30)17(3)27(14-18-6-8-19(24)9-7-18)22(29)15-28(33(4,31)32)21-12-10-20(25)11-13-21/h6-13,16-17H,5,14-15H2,1-4H3,(H,26,30)/t16-,17-/m0/s1. The SMILES string of the molecule is CC[C@H](C)NC(=O)[C@H](C)N(Cc1ccc(Br)cc1)C(=O)CN(c1ccc(F)cc1)S(C)(=O)=O. The average molecular weight is 542 g/mol. The van der Waals surface area contributed by atoms with E-state index in [4.69, 9.17) is 0 Å². The number of anilines is 1. The fourth-order valence-electron chi connectivity index (χ4n) is 3.06. The summed E-state index contributed by atoms with van der Waals surface area (Å²) in [5.41, 5.74) is 0.940. The number of sulfonamides is 1. The Labute approximate surface area is 203 Å². The van der Waals surface area contributed by atoms with Gasteiger partial charge >= 0.3 is 0 Å². The Hall–Kier alpha value is -2.46. The Kier molecular flexibility index (Phi) is 9.42. The summed E-state index contributed by atoms with van der Waals surface area (Å²) in [6.07, 6.45) is 1.70. The molecule has 0 heterocycles. The number of hydrogen-bond acceptors (Lipinski definition) is 4. The van der Waals surface area contributed by atoms with E-state index in [1.807, 2.05) is 38.1 Å². The van der Waals surface area contributed by atoms with Crippen molar-refractivity contribution in [1.29, 1.82) is 0 Å². The first kappa shape index (κ1) is 26.8. The Bertz CT molecular complexity index is 1060. The Morgan fingerprint density at radius 2 is 1.64 bits per heavy atom. The van der Waals surface area contributed by atoms with Crippen LogP contribution >= 0.6 is 15.9 Å². The first-order chi connectivity index (χ1) is 15.4. The van der Waals surface area contributed by atoms with Crippen molar-refractivity contribution in [3.05, 3.63) is 64.4 Å². The lowest BCUT2D eigenvalue weighted by Crippen LogP contribution is -2.52. The number of benzene rings is 2. The fraction of sp³-hybridized carbons (Fsp3) is 0.391. The normalized spacial score (nSPS) is 13.2. The molecule has 0 fully saturated rings. The largest absolute Gasteiger partial charge is 0.352 e. The molecule has 33 heavy (non-hydrogen) atoms. The second-order valence-corrected chi connectivity index (χ2v) is 10.7. The van der Waals surface area contributed by atoms with Gasteiger partial charge in [0.1, 0.15) is 18.4 Å². The highest BCUT2D eigenvalue weighted by molar-refractivity contribution is 9.10. The fourth-order valence-corrected chi connectivity index (χ4v) is 4.17. The van der Waals surface area contributed by atoms with Crippen molar-refractivity contribution in [3.63, 3.8) is 0 Å². The monoisotopic (exact) mass is 541 g/mol. The minimum atomic E-state index is -3.85. The van der Waals surface area contributed by atoms with Crippen LogP contribution in [0.15, 0.2) is 53.0 Å². The topological polar surface area (TPSA) is 86.8 Å². The third kappa shape index (κ3) is 7.82. The summed E-state index contributed by atoms with van der Waals surface area (Å²) in [4.78, 5) is 27.5. The average Bonchev–Trinajstić information content (AvgIpc) is 2.76. The number of rotatable bonds is 10. The van der Waals surface area contributed by atoms with E-state index in [9.17, 15) is 22.4 Å². The van der Waals surface area contributed by atoms with Crippen LogP contribution in [0.3, 0.4) is 0 Å². The molecule has 2 amide bonds. The van der Waals surface area contributed by atoms with Crippen LogP contribution in [0, 0.1) is 5.82 Å². The summed E-state index contributed by atoms with van der Waals surface area (Å²) >= 11 is 3.37. The maximum absolute atomic E-state index is 13.4. The van der Waals surface area contributed by atoms with E-state index in [1.54, 1.807) is 6.92 Å². The van der Waals surface area contributed by atoms with Crippen LogP contribution in [-0.4, -0.2) is 50.0 Å². The number of nitrogens with zero attached hydrogens (tertiary/aromatic N) is 2. The van der Waals surface area contributed by atoms with Gasteiger partial charge in [-0.05, 0) is 62.2 Å². The molecule has 2 atom stereocenters. The van der Waals surface area contributed by atoms with Gasteiger partial charge in [-0.2, -0.15) is 0 Å². The van der Waals surface area contributed by atoms with Crippen molar-refractivity contribution in [2.45, 2.75) is 45.8 Å². The molecule has 0 aromatic heterocycles. The first-order valence-electron chi connectivity index (χ1n) is 10.5. The van der Waals surface area contributed by atoms with Gasteiger partial charge in [0.15, 0.2) is 0 Å². The molecule has 0 saturated carbocycles. The van der Waals surface area contributed by atoms with E-state index in [0.717, 1.165) is 39.2 Å². The van der Waals surface area contributed by atoms with Crippen LogP contribution in [0.25, 0.3) is 0 Å². The minimum absolute atomic E-state index is 0.0729. The van der Waals surface area contributed by atoms with E-state index in [1.165, 1.54) is 17.0 Å². The van der Waals surface area contributed by atoms with Crippen LogP contribution in [0.5, 0.6) is 0 Å². The molecule has 1 N–H and O–H groups in total. The van der Waals surface area contributed by atoms with E-state index < -0.39 is 34.3 Å². The molecule has 180 valence electrons. The summed E-state index contributed by atoms with van der Waals surface area (Å²) in [6.45, 7) is 5.00. The molecule has 0 bridgehead atoms. The van der Waals surface area contributed by atoms with Gasteiger partial charge in [-0.15, -0.1) is 0 Å². The molecule has 2 rings (SSSR count). The summed E-state index contributed by atoms with van der Waals surface area (Å²) in [5, 5.41) is 2.87. The highest BCUT2D eigenvalue weighted by Gasteiger charge is 2.30. The Morgan fingerprint density at radius 1 is 1.06 bits per heavy atom. The number of amides is 2. The van der Waals surface area contributed by atoms with Crippen LogP contribution in [0.2, 0.25) is 0 Å². The second kappa shape index (κ2) is 11.6. The van der Waals surface area contributed by atoms with Gasteiger partial charge in [0.05, 0.1) is 11.9 Å². The molecular weight excluding hydrogens is 513 g/mol. The van der Waals surface area contributed by atoms with Crippen LogP contribution in [0.1, 0.15) is 32.8 Å². The number of carbonyl (C=O) groups is 2. The summed E-state index contributed by atoms with van der Waals surface area (Å²) in [5.74, 6) is -1.41. The van der Waals surface area contributed by atoms with Crippen molar-refractivity contribution >= 4 is 43.5 Å². The predicted molar refractivity (Wildman–Crippen MR) is 131 cm³/mol. The summed E-state index contributed by atoms with van der Waals surface area (Å²) < 4.78 is 40.0. The number of nitrogens with one attached hydrogen (secondary N) is 1. The molecule has 2 aromatic carbocycles. The third-order valence-corrected chi connectivity index (χ3v) is 6.90. The summed E-state index contributed by atoms with van der Waals surface area (Å²) in [6, 6.07) is 11.2. The molecular formula is C23H29BrFN3O4S. The lowest BCUT2D eigenvalue weighted by Gasteiger charge is -2.32. The van der Waals surface area contributed by atoms with Gasteiger partial charge in [-0.3, -0.25) is 13.9 Å². The zero-order chi connectivity index (χ0) is 24.8. The smallest absolute Gasteiger partial charge is 0.244 e. The molecule has 7 nitrogen and oxygen atoms in total. The molecule has 2 aromatic rings. The Balaban J connectivity index is 2.36. The van der Waals surface area contributed by atoms with Gasteiger partial charge in [-0.1, -0.05) is 35.0 Å². The molecule has 0 saturated heterocycles. The molecule has 0 spiro atoms. The zero-order valence-electron chi connectivity index (χ0n) is 19.1. The zero-order valence-corrected chi connectivity index (χ0v) is 21.5. The number of halogens is 2. The van der Waals surface area contributed by atoms with Crippen LogP contribution < -0.4 is 9.62 Å². The maximum atomic E-state index is 13.4.